The highest BCUT2D eigenvalue weighted by Crippen LogP contribution is 2.04. The van der Waals surface area contributed by atoms with Crippen LogP contribution in [0.5, 0.6) is 0 Å². The Bertz CT molecular complexity index is 72.1. The molecule has 0 aliphatic carbocycles. The molecule has 0 aromatic carbocycles. The highest BCUT2D eigenvalue weighted by molar-refractivity contribution is 6.63. The lowest BCUT2D eigenvalue weighted by atomic mass is 10.4. The standard InChI is InChI=1S/C4H6ClOSi/c1-3(7)2-4(5)6/h3H,2H2,1H3. The second-order valence-electron chi connectivity index (χ2n) is 1.46. The van der Waals surface area contributed by atoms with Crippen LogP contribution in [0.1, 0.15) is 13.3 Å². The predicted molar refractivity (Wildman–Crippen MR) is 30.7 cm³/mol. The average molecular weight is 134 g/mol. The third-order valence-corrected chi connectivity index (χ3v) is 0.825. The minimum Gasteiger partial charge on any atom is -0.281 e. The quantitative estimate of drug-likeness (QED) is 0.408. The minimum atomic E-state index is -0.289. The van der Waals surface area contributed by atoms with Crippen LogP contribution in [0, 0.1) is 0 Å². The molecule has 1 atom stereocenters. The van der Waals surface area contributed by atoms with Gasteiger partial charge in [0.05, 0.1) is 0 Å². The van der Waals surface area contributed by atoms with Crippen molar-refractivity contribution in [2.45, 2.75) is 18.9 Å². The monoisotopic (exact) mass is 133 g/mol. The molecule has 0 fully saturated rings. The molecular weight excluding hydrogens is 128 g/mol. The SMILES string of the molecule is CC([Si])CC(=O)Cl. The molecule has 0 bridgehead atoms. The molecule has 0 saturated carbocycles. The zero-order valence-corrected chi connectivity index (χ0v) is 5.83. The Hall–Kier alpha value is 0.177. The summed E-state index contributed by atoms with van der Waals surface area (Å²) in [6.45, 7) is 1.87. The second-order valence-corrected chi connectivity index (χ2v) is 2.87. The van der Waals surface area contributed by atoms with E-state index in [1.165, 1.54) is 0 Å². The molecule has 1 nitrogen and oxygen atoms in total. The van der Waals surface area contributed by atoms with Crippen LogP contribution in [0.25, 0.3) is 0 Å². The Labute approximate surface area is 51.5 Å². The zero-order chi connectivity index (χ0) is 5.86. The maximum Gasteiger partial charge on any atom is 0.221 e. The Morgan fingerprint density at radius 1 is 2.00 bits per heavy atom. The molecular formula is C4H6ClOSi. The van der Waals surface area contributed by atoms with Gasteiger partial charge in [0, 0.05) is 16.7 Å². The van der Waals surface area contributed by atoms with Crippen LogP contribution in [0.3, 0.4) is 0 Å². The lowest BCUT2D eigenvalue weighted by Gasteiger charge is -1.93. The third kappa shape index (κ3) is 6.18. The molecule has 7 heavy (non-hydrogen) atoms. The third-order valence-electron chi connectivity index (χ3n) is 0.467. The molecule has 0 aliphatic heterocycles. The van der Waals surface area contributed by atoms with Gasteiger partial charge in [0.25, 0.3) is 0 Å². The lowest BCUT2D eigenvalue weighted by Crippen LogP contribution is -1.91. The van der Waals surface area contributed by atoms with E-state index >= 15 is 0 Å². The molecule has 0 spiro atoms. The lowest BCUT2D eigenvalue weighted by molar-refractivity contribution is -0.111. The van der Waals surface area contributed by atoms with E-state index < -0.39 is 0 Å². The number of carbonyl (C=O) groups is 1. The topological polar surface area (TPSA) is 17.1 Å². The summed E-state index contributed by atoms with van der Waals surface area (Å²) in [5.74, 6) is 0. The van der Waals surface area contributed by atoms with Crippen molar-refractivity contribution in [1.29, 1.82) is 0 Å². The normalized spacial score (nSPS) is 13.6. The average Bonchev–Trinajstić information content (AvgIpc) is 1.27. The molecule has 0 aliphatic rings. The van der Waals surface area contributed by atoms with Crippen molar-refractivity contribution in [2.75, 3.05) is 0 Å². The number of hydrogen-bond acceptors (Lipinski definition) is 1. The van der Waals surface area contributed by atoms with E-state index in [1.807, 2.05) is 6.92 Å². The van der Waals surface area contributed by atoms with Crippen molar-refractivity contribution in [3.05, 3.63) is 0 Å². The summed E-state index contributed by atoms with van der Waals surface area (Å²) in [4.78, 5) is 9.99. The smallest absolute Gasteiger partial charge is 0.221 e. The van der Waals surface area contributed by atoms with Crippen LogP contribution in [-0.2, 0) is 4.79 Å². The highest BCUT2D eigenvalue weighted by Gasteiger charge is 1.98. The first-order chi connectivity index (χ1) is 3.13. The van der Waals surface area contributed by atoms with E-state index in [-0.39, 0.29) is 10.8 Å². The summed E-state index contributed by atoms with van der Waals surface area (Å²) in [7, 11) is 3.21. The van der Waals surface area contributed by atoms with Crippen molar-refractivity contribution in [1.82, 2.24) is 0 Å². The summed E-state index contributed by atoms with van der Waals surface area (Å²) in [6.07, 6.45) is 0.401. The molecule has 0 N–H and O–H groups in total. The number of hydrogen-bond donors (Lipinski definition) is 0. The molecule has 39 valence electrons. The van der Waals surface area contributed by atoms with E-state index in [0.29, 0.717) is 6.42 Å². The van der Waals surface area contributed by atoms with E-state index in [4.69, 9.17) is 11.6 Å². The summed E-state index contributed by atoms with van der Waals surface area (Å²) in [5.41, 5.74) is 0.199. The first-order valence-corrected chi connectivity index (χ1v) is 2.98. The fourth-order valence-electron chi connectivity index (χ4n) is 0.241. The van der Waals surface area contributed by atoms with Gasteiger partial charge in [-0.3, -0.25) is 4.79 Å². The van der Waals surface area contributed by atoms with Crippen LogP contribution in [0.4, 0.5) is 0 Å². The maximum atomic E-state index is 9.99. The Balaban J connectivity index is 3.13. The van der Waals surface area contributed by atoms with Crippen LogP contribution in [-0.4, -0.2) is 15.5 Å². The number of carbonyl (C=O) groups excluding carboxylic acids is 1. The van der Waals surface area contributed by atoms with E-state index in [2.05, 4.69) is 10.2 Å². The predicted octanol–water partition coefficient (Wildman–Crippen LogP) is 1.12. The van der Waals surface area contributed by atoms with Gasteiger partial charge in [-0.2, -0.15) is 0 Å². The maximum absolute atomic E-state index is 9.99. The van der Waals surface area contributed by atoms with Crippen molar-refractivity contribution >= 4 is 27.1 Å². The first kappa shape index (κ1) is 7.18. The molecule has 0 saturated heterocycles. The van der Waals surface area contributed by atoms with Crippen molar-refractivity contribution < 1.29 is 4.79 Å². The highest BCUT2D eigenvalue weighted by atomic mass is 35.5. The summed E-state index contributed by atoms with van der Waals surface area (Å²) >= 11 is 5.00. The van der Waals surface area contributed by atoms with Crippen LogP contribution < -0.4 is 0 Å². The molecule has 3 heteroatoms. The van der Waals surface area contributed by atoms with E-state index in [0.717, 1.165) is 0 Å². The minimum absolute atomic E-state index is 0.199. The summed E-state index contributed by atoms with van der Waals surface area (Å²) in [5, 5.41) is -0.289. The van der Waals surface area contributed by atoms with Crippen LogP contribution >= 0.6 is 11.6 Å². The largest absolute Gasteiger partial charge is 0.281 e. The van der Waals surface area contributed by atoms with Gasteiger partial charge in [-0.15, -0.1) is 0 Å². The molecule has 3 radical (unpaired) electrons. The zero-order valence-electron chi connectivity index (χ0n) is 4.07. The molecule has 0 rings (SSSR count). The number of halogens is 1. The molecule has 1 unspecified atom stereocenters. The van der Waals surface area contributed by atoms with Crippen molar-refractivity contribution in [3.63, 3.8) is 0 Å². The van der Waals surface area contributed by atoms with Gasteiger partial charge in [-0.25, -0.2) is 0 Å². The number of rotatable bonds is 2. The van der Waals surface area contributed by atoms with Crippen LogP contribution in [0.2, 0.25) is 5.54 Å². The fourth-order valence-corrected chi connectivity index (χ4v) is 0.787. The van der Waals surface area contributed by atoms with Gasteiger partial charge in [0.2, 0.25) is 5.24 Å². The molecule has 0 aromatic heterocycles. The summed E-state index contributed by atoms with van der Waals surface area (Å²) in [6, 6.07) is 0. The second kappa shape index (κ2) is 3.21. The Morgan fingerprint density at radius 3 is 2.43 bits per heavy atom. The molecule has 0 amide bonds. The van der Waals surface area contributed by atoms with Crippen LogP contribution in [0.15, 0.2) is 0 Å². The van der Waals surface area contributed by atoms with Gasteiger partial charge in [0.15, 0.2) is 0 Å². The summed E-state index contributed by atoms with van der Waals surface area (Å²) < 4.78 is 0. The molecule has 0 aromatic rings. The van der Waals surface area contributed by atoms with Gasteiger partial charge in [-0.1, -0.05) is 6.92 Å². The van der Waals surface area contributed by atoms with E-state index in [1.54, 1.807) is 0 Å². The van der Waals surface area contributed by atoms with Crippen molar-refractivity contribution in [3.8, 4) is 0 Å². The van der Waals surface area contributed by atoms with Gasteiger partial charge in [-0.05, 0) is 17.1 Å². The van der Waals surface area contributed by atoms with Gasteiger partial charge in [0.1, 0.15) is 0 Å². The molecule has 0 heterocycles. The Morgan fingerprint density at radius 2 is 2.43 bits per heavy atom. The first-order valence-electron chi connectivity index (χ1n) is 2.02. The Kier molecular flexibility index (Phi) is 3.30. The van der Waals surface area contributed by atoms with Gasteiger partial charge < -0.3 is 0 Å². The van der Waals surface area contributed by atoms with E-state index in [9.17, 15) is 4.79 Å². The van der Waals surface area contributed by atoms with Gasteiger partial charge >= 0.3 is 0 Å². The fraction of sp³-hybridized carbons (Fsp3) is 0.750. The van der Waals surface area contributed by atoms with Crippen molar-refractivity contribution in [2.24, 2.45) is 0 Å².